The maximum Gasteiger partial charge on any atom is 0.253 e. The molecule has 1 amide bonds. The predicted octanol–water partition coefficient (Wildman–Crippen LogP) is 1.18. The third-order valence-electron chi connectivity index (χ3n) is 2.64. The topological polar surface area (TPSA) is 73.6 Å². The smallest absolute Gasteiger partial charge is 0.253 e. The standard InChI is InChI=1S/C12H15BrN2O3/c13-8-1-2-11(14)10(5-8)12(16)15-6-9-7-17-3-4-18-9/h1-2,5,9H,3-4,6-7,14H2,(H,15,16). The summed E-state index contributed by atoms with van der Waals surface area (Å²) in [6.07, 6.45) is -0.0870. The molecule has 98 valence electrons. The molecule has 0 aromatic heterocycles. The summed E-state index contributed by atoms with van der Waals surface area (Å²) >= 11 is 3.31. The van der Waals surface area contributed by atoms with Gasteiger partial charge >= 0.3 is 0 Å². The minimum Gasteiger partial charge on any atom is -0.398 e. The van der Waals surface area contributed by atoms with Crippen molar-refractivity contribution in [3.8, 4) is 0 Å². The van der Waals surface area contributed by atoms with E-state index in [-0.39, 0.29) is 12.0 Å². The first-order valence-electron chi connectivity index (χ1n) is 5.69. The van der Waals surface area contributed by atoms with Gasteiger partial charge in [0.1, 0.15) is 0 Å². The van der Waals surface area contributed by atoms with Gasteiger partial charge in [0, 0.05) is 16.7 Å². The molecular weight excluding hydrogens is 300 g/mol. The molecule has 0 spiro atoms. The number of benzene rings is 1. The summed E-state index contributed by atoms with van der Waals surface area (Å²) in [6, 6.07) is 5.19. The molecule has 5 nitrogen and oxygen atoms in total. The Morgan fingerprint density at radius 3 is 3.06 bits per heavy atom. The highest BCUT2D eigenvalue weighted by atomic mass is 79.9. The van der Waals surface area contributed by atoms with Crippen LogP contribution in [0.2, 0.25) is 0 Å². The second-order valence-corrected chi connectivity index (χ2v) is 4.92. The van der Waals surface area contributed by atoms with Crippen LogP contribution >= 0.6 is 15.9 Å². The van der Waals surface area contributed by atoms with E-state index in [1.165, 1.54) is 0 Å². The third-order valence-corrected chi connectivity index (χ3v) is 3.13. The molecule has 1 unspecified atom stereocenters. The number of halogens is 1. The fourth-order valence-electron chi connectivity index (χ4n) is 1.68. The van der Waals surface area contributed by atoms with E-state index in [0.717, 1.165) is 4.47 Å². The lowest BCUT2D eigenvalue weighted by Gasteiger charge is -2.23. The van der Waals surface area contributed by atoms with Gasteiger partial charge in [-0.05, 0) is 18.2 Å². The normalized spacial score (nSPS) is 19.5. The van der Waals surface area contributed by atoms with E-state index in [9.17, 15) is 4.79 Å². The molecule has 1 aromatic carbocycles. The zero-order valence-corrected chi connectivity index (χ0v) is 11.4. The fraction of sp³-hybridized carbons (Fsp3) is 0.417. The van der Waals surface area contributed by atoms with Crippen LogP contribution in [0, 0.1) is 0 Å². The molecule has 1 atom stereocenters. The van der Waals surface area contributed by atoms with Crippen LogP contribution in [0.1, 0.15) is 10.4 Å². The Kier molecular flexibility index (Phi) is 4.57. The average molecular weight is 315 g/mol. The van der Waals surface area contributed by atoms with E-state index in [2.05, 4.69) is 21.2 Å². The molecule has 6 heteroatoms. The van der Waals surface area contributed by atoms with Crippen molar-refractivity contribution < 1.29 is 14.3 Å². The van der Waals surface area contributed by atoms with Gasteiger partial charge in [0.2, 0.25) is 0 Å². The molecule has 2 rings (SSSR count). The fourth-order valence-corrected chi connectivity index (χ4v) is 2.04. The molecule has 0 radical (unpaired) electrons. The number of hydrogen-bond donors (Lipinski definition) is 2. The molecule has 1 aliphatic rings. The van der Waals surface area contributed by atoms with Crippen LogP contribution in [0.4, 0.5) is 5.69 Å². The highest BCUT2D eigenvalue weighted by molar-refractivity contribution is 9.10. The van der Waals surface area contributed by atoms with Crippen LogP contribution in [-0.4, -0.2) is 38.4 Å². The first-order valence-corrected chi connectivity index (χ1v) is 6.48. The van der Waals surface area contributed by atoms with Crippen molar-refractivity contribution in [2.45, 2.75) is 6.10 Å². The Labute approximate surface area is 114 Å². The molecule has 0 aliphatic carbocycles. The quantitative estimate of drug-likeness (QED) is 0.822. The first-order chi connectivity index (χ1) is 8.66. The number of nitrogen functional groups attached to an aromatic ring is 1. The minimum atomic E-state index is -0.206. The highest BCUT2D eigenvalue weighted by Crippen LogP contribution is 2.18. The van der Waals surface area contributed by atoms with Crippen LogP contribution in [0.3, 0.4) is 0 Å². The summed E-state index contributed by atoms with van der Waals surface area (Å²) in [6.45, 7) is 2.11. The lowest BCUT2D eigenvalue weighted by molar-refractivity contribution is -0.0855. The zero-order chi connectivity index (χ0) is 13.0. The van der Waals surface area contributed by atoms with Gasteiger partial charge in [-0.1, -0.05) is 15.9 Å². The van der Waals surface area contributed by atoms with Crippen molar-refractivity contribution in [1.29, 1.82) is 0 Å². The van der Waals surface area contributed by atoms with E-state index in [1.807, 2.05) is 0 Å². The van der Waals surface area contributed by atoms with Gasteiger partial charge in [-0.25, -0.2) is 0 Å². The Balaban J connectivity index is 1.92. The van der Waals surface area contributed by atoms with E-state index >= 15 is 0 Å². The van der Waals surface area contributed by atoms with Gasteiger partial charge in [-0.3, -0.25) is 4.79 Å². The van der Waals surface area contributed by atoms with E-state index in [4.69, 9.17) is 15.2 Å². The molecule has 3 N–H and O–H groups in total. The monoisotopic (exact) mass is 314 g/mol. The molecule has 0 saturated carbocycles. The van der Waals surface area contributed by atoms with Gasteiger partial charge in [-0.2, -0.15) is 0 Å². The number of carbonyl (C=O) groups excluding carboxylic acids is 1. The number of nitrogens with two attached hydrogens (primary N) is 1. The van der Waals surface area contributed by atoms with E-state index in [0.29, 0.717) is 37.6 Å². The van der Waals surface area contributed by atoms with Crippen molar-refractivity contribution in [2.75, 3.05) is 32.1 Å². The van der Waals surface area contributed by atoms with Gasteiger partial charge in [0.15, 0.2) is 0 Å². The summed E-state index contributed by atoms with van der Waals surface area (Å²) in [4.78, 5) is 12.0. The Morgan fingerprint density at radius 2 is 2.33 bits per heavy atom. The van der Waals surface area contributed by atoms with Gasteiger partial charge in [-0.15, -0.1) is 0 Å². The molecule has 18 heavy (non-hydrogen) atoms. The van der Waals surface area contributed by atoms with Crippen molar-refractivity contribution >= 4 is 27.5 Å². The van der Waals surface area contributed by atoms with Crippen LogP contribution < -0.4 is 11.1 Å². The molecule has 0 bridgehead atoms. The van der Waals surface area contributed by atoms with Crippen molar-refractivity contribution in [3.05, 3.63) is 28.2 Å². The number of amides is 1. The second-order valence-electron chi connectivity index (χ2n) is 4.01. The van der Waals surface area contributed by atoms with Crippen LogP contribution in [0.5, 0.6) is 0 Å². The minimum absolute atomic E-state index is 0.0870. The Bertz CT molecular complexity index is 433. The highest BCUT2D eigenvalue weighted by Gasteiger charge is 2.16. The Morgan fingerprint density at radius 1 is 1.50 bits per heavy atom. The van der Waals surface area contributed by atoms with E-state index < -0.39 is 0 Å². The largest absolute Gasteiger partial charge is 0.398 e. The molecular formula is C12H15BrN2O3. The summed E-state index contributed by atoms with van der Waals surface area (Å²) in [5.41, 5.74) is 6.68. The van der Waals surface area contributed by atoms with Crippen molar-refractivity contribution in [2.24, 2.45) is 0 Å². The summed E-state index contributed by atoms with van der Waals surface area (Å²) < 4.78 is 11.5. The number of carbonyl (C=O) groups is 1. The lowest BCUT2D eigenvalue weighted by atomic mass is 10.1. The van der Waals surface area contributed by atoms with Gasteiger partial charge < -0.3 is 20.5 Å². The third kappa shape index (κ3) is 3.44. The average Bonchev–Trinajstić information content (AvgIpc) is 2.40. The molecule has 1 aromatic rings. The number of anilines is 1. The van der Waals surface area contributed by atoms with Crippen LogP contribution in [0.15, 0.2) is 22.7 Å². The summed E-state index contributed by atoms with van der Waals surface area (Å²) in [5.74, 6) is -0.206. The zero-order valence-electron chi connectivity index (χ0n) is 9.82. The van der Waals surface area contributed by atoms with Crippen LogP contribution in [-0.2, 0) is 9.47 Å². The summed E-state index contributed by atoms with van der Waals surface area (Å²) in [5, 5.41) is 2.79. The maximum atomic E-state index is 12.0. The lowest BCUT2D eigenvalue weighted by Crippen LogP contribution is -2.39. The molecule has 1 fully saturated rings. The van der Waals surface area contributed by atoms with Crippen molar-refractivity contribution in [3.63, 3.8) is 0 Å². The second kappa shape index (κ2) is 6.17. The summed E-state index contributed by atoms with van der Waals surface area (Å²) in [7, 11) is 0. The van der Waals surface area contributed by atoms with E-state index in [1.54, 1.807) is 18.2 Å². The van der Waals surface area contributed by atoms with Crippen LogP contribution in [0.25, 0.3) is 0 Å². The number of rotatable bonds is 3. The number of hydrogen-bond acceptors (Lipinski definition) is 4. The van der Waals surface area contributed by atoms with Crippen molar-refractivity contribution in [1.82, 2.24) is 5.32 Å². The Hall–Kier alpha value is -1.11. The number of nitrogens with one attached hydrogen (secondary N) is 1. The first kappa shape index (κ1) is 13.3. The number of ether oxygens (including phenoxy) is 2. The van der Waals surface area contributed by atoms with Gasteiger partial charge in [0.05, 0.1) is 31.5 Å². The predicted molar refractivity (Wildman–Crippen MR) is 71.4 cm³/mol. The molecule has 1 heterocycles. The molecule has 1 aliphatic heterocycles. The SMILES string of the molecule is Nc1ccc(Br)cc1C(=O)NCC1COCCO1. The van der Waals surface area contributed by atoms with Gasteiger partial charge in [0.25, 0.3) is 5.91 Å². The molecule has 1 saturated heterocycles. The maximum absolute atomic E-state index is 12.0.